The van der Waals surface area contributed by atoms with Gasteiger partial charge in [-0.15, -0.1) is 11.3 Å². The van der Waals surface area contributed by atoms with Crippen molar-refractivity contribution in [3.63, 3.8) is 0 Å². The minimum Gasteiger partial charge on any atom is -0.491 e. The highest BCUT2D eigenvalue weighted by atomic mass is 35.5. The van der Waals surface area contributed by atoms with Gasteiger partial charge in [0.25, 0.3) is 10.0 Å². The van der Waals surface area contributed by atoms with Crippen molar-refractivity contribution in [2.75, 3.05) is 11.3 Å². The van der Waals surface area contributed by atoms with Gasteiger partial charge >= 0.3 is 0 Å². The SMILES string of the molecule is NC1CCC=C(c2ccccc2)C1COc1cc(F)c(S(=O)(=O)Nc2cscn2)cc1Cl. The van der Waals surface area contributed by atoms with E-state index >= 15 is 0 Å². The van der Waals surface area contributed by atoms with Crippen LogP contribution in [0.5, 0.6) is 5.75 Å². The quantitative estimate of drug-likeness (QED) is 0.486. The number of anilines is 1. The number of sulfonamides is 1. The van der Waals surface area contributed by atoms with Crippen molar-refractivity contribution in [1.29, 1.82) is 0 Å². The smallest absolute Gasteiger partial charge is 0.266 e. The van der Waals surface area contributed by atoms with E-state index in [2.05, 4.69) is 15.8 Å². The molecule has 3 aromatic rings. The Bertz CT molecular complexity index is 1220. The van der Waals surface area contributed by atoms with Crippen molar-refractivity contribution in [3.05, 3.63) is 75.8 Å². The van der Waals surface area contributed by atoms with E-state index in [-0.39, 0.29) is 35.2 Å². The van der Waals surface area contributed by atoms with Gasteiger partial charge in [-0.1, -0.05) is 48.0 Å². The Balaban J connectivity index is 1.54. The molecule has 32 heavy (non-hydrogen) atoms. The third-order valence-corrected chi connectivity index (χ3v) is 7.50. The molecule has 2 atom stereocenters. The average molecular weight is 494 g/mol. The van der Waals surface area contributed by atoms with Gasteiger partial charge in [0.1, 0.15) is 16.5 Å². The molecule has 0 saturated carbocycles. The van der Waals surface area contributed by atoms with Crippen LogP contribution in [0.15, 0.2) is 64.3 Å². The molecule has 6 nitrogen and oxygen atoms in total. The number of nitrogens with two attached hydrogens (primary N) is 1. The summed E-state index contributed by atoms with van der Waals surface area (Å²) in [5.41, 5.74) is 9.96. The summed E-state index contributed by atoms with van der Waals surface area (Å²) in [4.78, 5) is 3.27. The number of thiazole rings is 1. The second-order valence-electron chi connectivity index (χ2n) is 7.38. The highest BCUT2D eigenvalue weighted by Gasteiger charge is 2.28. The molecule has 0 amide bonds. The largest absolute Gasteiger partial charge is 0.491 e. The average Bonchev–Trinajstić information content (AvgIpc) is 3.27. The Morgan fingerprint density at radius 1 is 1.28 bits per heavy atom. The van der Waals surface area contributed by atoms with Crippen molar-refractivity contribution >= 4 is 44.4 Å². The second-order valence-corrected chi connectivity index (χ2v) is 10.2. The lowest BCUT2D eigenvalue weighted by Gasteiger charge is -2.30. The molecule has 1 aromatic heterocycles. The topological polar surface area (TPSA) is 94.3 Å². The van der Waals surface area contributed by atoms with E-state index in [4.69, 9.17) is 22.1 Å². The number of ether oxygens (including phenoxy) is 1. The monoisotopic (exact) mass is 493 g/mol. The normalized spacial score (nSPS) is 18.8. The predicted octanol–water partition coefficient (Wildman–Crippen LogP) is 4.94. The van der Waals surface area contributed by atoms with Crippen LogP contribution in [0.4, 0.5) is 10.2 Å². The van der Waals surface area contributed by atoms with Gasteiger partial charge in [0.05, 0.1) is 17.1 Å². The second kappa shape index (κ2) is 9.58. The first-order valence-corrected chi connectivity index (χ1v) is 12.7. The van der Waals surface area contributed by atoms with Crippen LogP contribution in [-0.4, -0.2) is 26.1 Å². The molecule has 0 bridgehead atoms. The van der Waals surface area contributed by atoms with Crippen LogP contribution < -0.4 is 15.2 Å². The van der Waals surface area contributed by atoms with E-state index in [0.717, 1.165) is 36.1 Å². The minimum atomic E-state index is -4.19. The van der Waals surface area contributed by atoms with Crippen molar-refractivity contribution < 1.29 is 17.5 Å². The van der Waals surface area contributed by atoms with Crippen molar-refractivity contribution in [2.45, 2.75) is 23.8 Å². The van der Waals surface area contributed by atoms with Crippen molar-refractivity contribution in [1.82, 2.24) is 4.98 Å². The number of halogens is 2. The lowest BCUT2D eigenvalue weighted by atomic mass is 9.81. The summed E-state index contributed by atoms with van der Waals surface area (Å²) in [6, 6.07) is 11.8. The molecule has 168 valence electrons. The van der Waals surface area contributed by atoms with Crippen LogP contribution in [0, 0.1) is 11.7 Å². The zero-order valence-corrected chi connectivity index (χ0v) is 19.3. The fraction of sp³-hybridized carbons (Fsp3) is 0.227. The van der Waals surface area contributed by atoms with Crippen LogP contribution in [0.3, 0.4) is 0 Å². The molecule has 1 heterocycles. The number of benzene rings is 2. The number of hydrogen-bond acceptors (Lipinski definition) is 6. The summed E-state index contributed by atoms with van der Waals surface area (Å²) in [6.07, 6.45) is 3.83. The maximum atomic E-state index is 14.7. The molecule has 2 unspecified atom stereocenters. The van der Waals surface area contributed by atoms with Gasteiger partial charge in [0, 0.05) is 23.4 Å². The van der Waals surface area contributed by atoms with Crippen molar-refractivity contribution in [3.8, 4) is 5.75 Å². The molecule has 0 fully saturated rings. The van der Waals surface area contributed by atoms with Crippen LogP contribution >= 0.6 is 22.9 Å². The summed E-state index contributed by atoms with van der Waals surface area (Å²) in [5, 5.41) is 1.49. The Hall–Kier alpha value is -2.46. The van der Waals surface area contributed by atoms with Gasteiger partial charge in [0.15, 0.2) is 5.82 Å². The van der Waals surface area contributed by atoms with Crippen LogP contribution in [-0.2, 0) is 10.0 Å². The van der Waals surface area contributed by atoms with E-state index < -0.39 is 20.7 Å². The van der Waals surface area contributed by atoms with Gasteiger partial charge in [-0.2, -0.15) is 0 Å². The first-order valence-electron chi connectivity index (χ1n) is 9.89. The van der Waals surface area contributed by atoms with E-state index in [1.54, 1.807) is 0 Å². The van der Waals surface area contributed by atoms with Crippen LogP contribution in [0.2, 0.25) is 5.02 Å². The van der Waals surface area contributed by atoms with Gasteiger partial charge < -0.3 is 10.5 Å². The van der Waals surface area contributed by atoms with Gasteiger partial charge in [-0.05, 0) is 30.0 Å². The maximum absolute atomic E-state index is 14.7. The molecule has 3 N–H and O–H groups in total. The zero-order chi connectivity index (χ0) is 22.7. The fourth-order valence-electron chi connectivity index (χ4n) is 3.65. The Morgan fingerprint density at radius 3 is 2.78 bits per heavy atom. The summed E-state index contributed by atoms with van der Waals surface area (Å²) >= 11 is 7.46. The lowest BCUT2D eigenvalue weighted by Crippen LogP contribution is -2.36. The molecule has 1 aliphatic carbocycles. The highest BCUT2D eigenvalue weighted by Crippen LogP contribution is 2.35. The number of allylic oxidation sites excluding steroid dienone is 1. The molecule has 4 rings (SSSR count). The molecule has 0 aliphatic heterocycles. The molecule has 0 saturated heterocycles. The first-order chi connectivity index (χ1) is 15.3. The standard InChI is InChI=1S/C22H21ClFN3O3S2/c23-17-9-21(32(28,29)27-22-12-31-13-26-22)18(24)10-20(17)30-11-16-15(7-4-8-19(16)25)14-5-2-1-3-6-14/h1-3,5-7,9-10,12-13,16,19,27H,4,8,11,25H2. The zero-order valence-electron chi connectivity index (χ0n) is 16.9. The van der Waals surface area contributed by atoms with E-state index in [1.165, 1.54) is 22.2 Å². The molecule has 10 heteroatoms. The number of hydrogen-bond donors (Lipinski definition) is 2. The summed E-state index contributed by atoms with van der Waals surface area (Å²) in [6.45, 7) is 0.185. The molecular formula is C22H21ClFN3O3S2. The maximum Gasteiger partial charge on any atom is 0.266 e. The molecular weight excluding hydrogens is 473 g/mol. The fourth-order valence-corrected chi connectivity index (χ4v) is 5.58. The lowest BCUT2D eigenvalue weighted by molar-refractivity contribution is 0.252. The summed E-state index contributed by atoms with van der Waals surface area (Å²) in [7, 11) is -4.19. The Kier molecular flexibility index (Phi) is 6.80. The van der Waals surface area contributed by atoms with Crippen molar-refractivity contribution in [2.24, 2.45) is 11.7 Å². The molecule has 2 aromatic carbocycles. The number of nitrogens with zero attached hydrogens (tertiary/aromatic N) is 1. The Morgan fingerprint density at radius 2 is 2.06 bits per heavy atom. The van der Waals surface area contributed by atoms with E-state index in [9.17, 15) is 12.8 Å². The summed E-state index contributed by atoms with van der Waals surface area (Å²) in [5.74, 6) is -0.918. The van der Waals surface area contributed by atoms with E-state index in [1.807, 2.05) is 30.3 Å². The van der Waals surface area contributed by atoms with E-state index in [0.29, 0.717) is 0 Å². The third-order valence-electron chi connectivity index (χ3n) is 5.25. The van der Waals surface area contributed by atoms with Gasteiger partial charge in [-0.25, -0.2) is 17.8 Å². The van der Waals surface area contributed by atoms with Gasteiger partial charge in [0.2, 0.25) is 0 Å². The number of nitrogens with one attached hydrogen (secondary N) is 1. The molecule has 0 radical (unpaired) electrons. The van der Waals surface area contributed by atoms with Gasteiger partial charge in [-0.3, -0.25) is 4.72 Å². The van der Waals surface area contributed by atoms with Crippen LogP contribution in [0.1, 0.15) is 18.4 Å². The molecule has 1 aliphatic rings. The van der Waals surface area contributed by atoms with Crippen LogP contribution in [0.25, 0.3) is 5.57 Å². The summed E-state index contributed by atoms with van der Waals surface area (Å²) < 4.78 is 47.8. The number of aromatic nitrogens is 1. The predicted molar refractivity (Wildman–Crippen MR) is 125 cm³/mol. The third kappa shape index (κ3) is 4.96. The first kappa shape index (κ1) is 22.7. The number of rotatable bonds is 7. The molecule has 0 spiro atoms. The minimum absolute atomic E-state index is 0.0142. The Labute approximate surface area is 194 Å². The highest BCUT2D eigenvalue weighted by molar-refractivity contribution is 7.92.